The van der Waals surface area contributed by atoms with Crippen molar-refractivity contribution in [2.24, 2.45) is 0 Å². The Labute approximate surface area is 119 Å². The third-order valence-corrected chi connectivity index (χ3v) is 4.36. The van der Waals surface area contributed by atoms with Crippen LogP contribution in [0.1, 0.15) is 52.0 Å². The molecule has 106 valence electrons. The highest BCUT2D eigenvalue weighted by atomic mass is 32.2. The summed E-state index contributed by atoms with van der Waals surface area (Å²) in [4.78, 5) is 16.1. The van der Waals surface area contributed by atoms with Crippen molar-refractivity contribution < 1.29 is 4.79 Å². The van der Waals surface area contributed by atoms with Crippen molar-refractivity contribution in [3.63, 3.8) is 0 Å². The molecule has 1 aliphatic rings. The molecule has 1 heterocycles. The molecule has 1 aromatic rings. The molecule has 0 saturated heterocycles. The van der Waals surface area contributed by atoms with Crippen LogP contribution in [0.3, 0.4) is 0 Å². The Morgan fingerprint density at radius 2 is 2.21 bits per heavy atom. The number of hydrogen-bond donors (Lipinski definition) is 1. The van der Waals surface area contributed by atoms with E-state index in [1.165, 1.54) is 43.9 Å². The summed E-state index contributed by atoms with van der Waals surface area (Å²) in [5, 5.41) is 3.88. The van der Waals surface area contributed by atoms with Crippen LogP contribution in [0.15, 0.2) is 17.6 Å². The number of hydrogen-bond acceptors (Lipinski definition) is 3. The lowest BCUT2D eigenvalue weighted by Gasteiger charge is -2.24. The normalized spacial score (nSPS) is 16.8. The number of rotatable bonds is 5. The molecular formula is C14H23N3OS. The van der Waals surface area contributed by atoms with Gasteiger partial charge in [-0.15, -0.1) is 0 Å². The molecule has 0 radical (unpaired) electrons. The number of nitrogens with zero attached hydrogens (tertiary/aromatic N) is 2. The van der Waals surface area contributed by atoms with Gasteiger partial charge in [0.2, 0.25) is 5.91 Å². The minimum atomic E-state index is 0.0817. The maximum Gasteiger partial charge on any atom is 0.230 e. The highest BCUT2D eigenvalue weighted by Gasteiger charge is 2.18. The molecule has 0 aliphatic heterocycles. The zero-order chi connectivity index (χ0) is 13.7. The maximum absolute atomic E-state index is 11.7. The molecule has 1 aliphatic carbocycles. The van der Waals surface area contributed by atoms with Crippen LogP contribution in [0.2, 0.25) is 0 Å². The highest BCUT2D eigenvalue weighted by Crippen LogP contribution is 2.31. The average molecular weight is 281 g/mol. The molecule has 5 heteroatoms. The fourth-order valence-electron chi connectivity index (χ4n) is 2.54. The number of aromatic nitrogens is 2. The van der Waals surface area contributed by atoms with Crippen LogP contribution >= 0.6 is 11.8 Å². The van der Waals surface area contributed by atoms with E-state index in [4.69, 9.17) is 0 Å². The molecule has 1 amide bonds. The first-order valence-corrected chi connectivity index (χ1v) is 8.10. The molecule has 0 atom stereocenters. The van der Waals surface area contributed by atoms with Gasteiger partial charge in [0, 0.05) is 24.5 Å². The van der Waals surface area contributed by atoms with Crippen LogP contribution in [0.5, 0.6) is 0 Å². The second-order valence-electron chi connectivity index (χ2n) is 5.42. The van der Waals surface area contributed by atoms with Gasteiger partial charge in [-0.2, -0.15) is 0 Å². The van der Waals surface area contributed by atoms with E-state index in [2.05, 4.69) is 21.1 Å². The Kier molecular flexibility index (Phi) is 5.31. The summed E-state index contributed by atoms with van der Waals surface area (Å²) < 4.78 is 2.26. The summed E-state index contributed by atoms with van der Waals surface area (Å²) in [6.07, 6.45) is 10.3. The Morgan fingerprint density at radius 3 is 2.89 bits per heavy atom. The van der Waals surface area contributed by atoms with Gasteiger partial charge >= 0.3 is 0 Å². The van der Waals surface area contributed by atoms with Crippen molar-refractivity contribution in [1.29, 1.82) is 0 Å². The van der Waals surface area contributed by atoms with Gasteiger partial charge in [-0.05, 0) is 26.7 Å². The average Bonchev–Trinajstić information content (AvgIpc) is 2.85. The van der Waals surface area contributed by atoms with Crippen LogP contribution in [0.4, 0.5) is 0 Å². The Morgan fingerprint density at radius 1 is 1.47 bits per heavy atom. The second-order valence-corrected chi connectivity index (χ2v) is 6.36. The van der Waals surface area contributed by atoms with Gasteiger partial charge in [-0.25, -0.2) is 4.98 Å². The summed E-state index contributed by atoms with van der Waals surface area (Å²) in [6.45, 7) is 3.96. The fourth-order valence-corrected chi connectivity index (χ4v) is 3.38. The minimum absolute atomic E-state index is 0.0817. The number of carbonyl (C=O) groups excluding carboxylic acids is 1. The van der Waals surface area contributed by atoms with Gasteiger partial charge in [-0.1, -0.05) is 31.0 Å². The van der Waals surface area contributed by atoms with Crippen molar-refractivity contribution >= 4 is 17.7 Å². The predicted octanol–water partition coefficient (Wildman–Crippen LogP) is 3.01. The zero-order valence-corrected chi connectivity index (χ0v) is 12.6. The van der Waals surface area contributed by atoms with Crippen LogP contribution in [-0.2, 0) is 4.79 Å². The highest BCUT2D eigenvalue weighted by molar-refractivity contribution is 7.99. The molecule has 0 spiro atoms. The molecule has 19 heavy (non-hydrogen) atoms. The van der Waals surface area contributed by atoms with E-state index in [0.717, 1.165) is 5.16 Å². The van der Waals surface area contributed by atoms with Crippen molar-refractivity contribution in [3.05, 3.63) is 12.4 Å². The van der Waals surface area contributed by atoms with E-state index in [1.807, 2.05) is 20.0 Å². The molecule has 1 aromatic heterocycles. The van der Waals surface area contributed by atoms with Gasteiger partial charge in [0.05, 0.1) is 5.75 Å². The van der Waals surface area contributed by atoms with E-state index in [1.54, 1.807) is 0 Å². The second kappa shape index (κ2) is 6.98. The van der Waals surface area contributed by atoms with Crippen LogP contribution in [0, 0.1) is 0 Å². The molecule has 0 aromatic carbocycles. The fraction of sp³-hybridized carbons (Fsp3) is 0.714. The van der Waals surface area contributed by atoms with Crippen molar-refractivity contribution in [2.75, 3.05) is 5.75 Å². The number of thioether (sulfide) groups is 1. The van der Waals surface area contributed by atoms with E-state index in [0.29, 0.717) is 11.8 Å². The smallest absolute Gasteiger partial charge is 0.230 e. The van der Waals surface area contributed by atoms with Crippen LogP contribution in [-0.4, -0.2) is 27.3 Å². The Balaban J connectivity index is 1.90. The first kappa shape index (κ1) is 14.4. The largest absolute Gasteiger partial charge is 0.353 e. The zero-order valence-electron chi connectivity index (χ0n) is 11.8. The monoisotopic (exact) mass is 281 g/mol. The van der Waals surface area contributed by atoms with Gasteiger partial charge in [-0.3, -0.25) is 4.79 Å². The van der Waals surface area contributed by atoms with E-state index in [9.17, 15) is 4.79 Å². The summed E-state index contributed by atoms with van der Waals surface area (Å²) in [5.74, 6) is 0.528. The van der Waals surface area contributed by atoms with Crippen molar-refractivity contribution in [1.82, 2.24) is 14.9 Å². The summed E-state index contributed by atoms with van der Waals surface area (Å²) in [6, 6.07) is 0.776. The molecule has 1 fully saturated rings. The third kappa shape index (κ3) is 4.27. The number of imidazole rings is 1. The molecule has 0 bridgehead atoms. The molecule has 1 saturated carbocycles. The molecule has 0 unspecified atom stereocenters. The van der Waals surface area contributed by atoms with Crippen LogP contribution < -0.4 is 5.32 Å². The summed E-state index contributed by atoms with van der Waals surface area (Å²) >= 11 is 1.54. The maximum atomic E-state index is 11.7. The molecule has 2 rings (SSSR count). The topological polar surface area (TPSA) is 46.9 Å². The van der Waals surface area contributed by atoms with Crippen LogP contribution in [0.25, 0.3) is 0 Å². The Hall–Kier alpha value is -0.970. The van der Waals surface area contributed by atoms with Gasteiger partial charge in [0.1, 0.15) is 0 Å². The molecule has 4 nitrogen and oxygen atoms in total. The van der Waals surface area contributed by atoms with Crippen molar-refractivity contribution in [3.8, 4) is 0 Å². The number of carbonyl (C=O) groups is 1. The van der Waals surface area contributed by atoms with E-state index >= 15 is 0 Å². The minimum Gasteiger partial charge on any atom is -0.353 e. The van der Waals surface area contributed by atoms with E-state index in [-0.39, 0.29) is 11.9 Å². The third-order valence-electron chi connectivity index (χ3n) is 3.38. The molecular weight excluding hydrogens is 258 g/mol. The van der Waals surface area contributed by atoms with Gasteiger partial charge in [0.15, 0.2) is 5.16 Å². The Bertz CT molecular complexity index is 411. The lowest BCUT2D eigenvalue weighted by molar-refractivity contribution is -0.119. The lowest BCUT2D eigenvalue weighted by Crippen LogP contribution is -2.31. The quantitative estimate of drug-likeness (QED) is 0.844. The first-order chi connectivity index (χ1) is 9.16. The summed E-state index contributed by atoms with van der Waals surface area (Å²) in [5.41, 5.74) is 0. The number of nitrogens with one attached hydrogen (secondary N) is 1. The SMILES string of the molecule is CC(C)NC(=O)CSc1nccn1C1CCCCC1. The van der Waals surface area contributed by atoms with Crippen molar-refractivity contribution in [2.45, 2.75) is 63.2 Å². The predicted molar refractivity (Wildman–Crippen MR) is 78.4 cm³/mol. The number of amides is 1. The summed E-state index contributed by atoms with van der Waals surface area (Å²) in [7, 11) is 0. The van der Waals surface area contributed by atoms with E-state index < -0.39 is 0 Å². The standard InChI is InChI=1S/C14H23N3OS/c1-11(2)16-13(18)10-19-14-15-8-9-17(14)12-6-4-3-5-7-12/h8-9,11-12H,3-7,10H2,1-2H3,(H,16,18). The van der Waals surface area contributed by atoms with Gasteiger partial charge in [0.25, 0.3) is 0 Å². The van der Waals surface area contributed by atoms with Gasteiger partial charge < -0.3 is 9.88 Å². The lowest BCUT2D eigenvalue weighted by atomic mass is 9.95. The first-order valence-electron chi connectivity index (χ1n) is 7.12. The molecule has 1 N–H and O–H groups in total.